The third-order valence-corrected chi connectivity index (χ3v) is 4.15. The molecular weight excluding hydrogens is 258 g/mol. The summed E-state index contributed by atoms with van der Waals surface area (Å²) in [4.78, 5) is 4.91. The van der Waals surface area contributed by atoms with Crippen LogP contribution in [0.4, 0.5) is 0 Å². The largest absolute Gasteiger partial charge is 0.311 e. The number of rotatable bonds is 4. The maximum absolute atomic E-state index is 4.91. The van der Waals surface area contributed by atoms with E-state index in [9.17, 15) is 0 Å². The average molecular weight is 283 g/mol. The lowest BCUT2D eigenvalue weighted by molar-refractivity contribution is 0.608. The van der Waals surface area contributed by atoms with Crippen molar-refractivity contribution in [2.75, 3.05) is 6.54 Å². The van der Waals surface area contributed by atoms with E-state index in [1.165, 1.54) is 28.5 Å². The zero-order chi connectivity index (χ0) is 14.8. The Labute approximate surface area is 127 Å². The first-order valence-electron chi connectivity index (χ1n) is 8.08. The summed E-state index contributed by atoms with van der Waals surface area (Å²) >= 11 is 0. The van der Waals surface area contributed by atoms with E-state index in [0.717, 1.165) is 32.4 Å². The van der Waals surface area contributed by atoms with Crippen LogP contribution in [0.5, 0.6) is 0 Å². The van der Waals surface area contributed by atoms with Crippen LogP contribution in [-0.4, -0.2) is 16.1 Å². The van der Waals surface area contributed by atoms with Crippen LogP contribution in [0.1, 0.15) is 43.5 Å². The van der Waals surface area contributed by atoms with Crippen LogP contribution < -0.4 is 5.32 Å². The highest BCUT2D eigenvalue weighted by Crippen LogP contribution is 2.23. The molecule has 3 heteroatoms. The van der Waals surface area contributed by atoms with Crippen molar-refractivity contribution in [1.29, 1.82) is 0 Å². The van der Waals surface area contributed by atoms with Gasteiger partial charge in [0.25, 0.3) is 0 Å². The molecule has 1 aliphatic heterocycles. The van der Waals surface area contributed by atoms with Gasteiger partial charge in [0.15, 0.2) is 0 Å². The fourth-order valence-electron chi connectivity index (χ4n) is 3.05. The topological polar surface area (TPSA) is 29.9 Å². The van der Waals surface area contributed by atoms with Crippen molar-refractivity contribution in [3.8, 4) is 5.69 Å². The molecule has 2 aromatic rings. The minimum atomic E-state index is 0.621. The van der Waals surface area contributed by atoms with Gasteiger partial charge in [0.2, 0.25) is 0 Å². The third-order valence-electron chi connectivity index (χ3n) is 4.15. The number of benzene rings is 1. The highest BCUT2D eigenvalue weighted by atomic mass is 15.1. The van der Waals surface area contributed by atoms with E-state index >= 15 is 0 Å². The van der Waals surface area contributed by atoms with Crippen molar-refractivity contribution in [1.82, 2.24) is 14.9 Å². The summed E-state index contributed by atoms with van der Waals surface area (Å²) in [6, 6.07) is 8.96. The number of nitrogens with one attached hydrogen (secondary N) is 1. The van der Waals surface area contributed by atoms with E-state index in [0.29, 0.717) is 5.92 Å². The molecule has 3 rings (SSSR count). The maximum atomic E-state index is 4.91. The van der Waals surface area contributed by atoms with Gasteiger partial charge in [-0.1, -0.05) is 32.9 Å². The zero-order valence-electron chi connectivity index (χ0n) is 13.3. The second kappa shape index (κ2) is 6.02. The van der Waals surface area contributed by atoms with Crippen LogP contribution in [0.2, 0.25) is 0 Å². The number of aryl methyl sites for hydroxylation is 1. The molecule has 1 aromatic carbocycles. The molecule has 0 bridgehead atoms. The van der Waals surface area contributed by atoms with Gasteiger partial charge in [-0.3, -0.25) is 0 Å². The summed E-state index contributed by atoms with van der Waals surface area (Å²) in [5.41, 5.74) is 5.28. The van der Waals surface area contributed by atoms with Gasteiger partial charge in [0.05, 0.1) is 5.69 Å². The SMILES string of the molecule is CCc1ccc(-n2c(CC(C)C)nc3c2CCNC3)cc1. The number of hydrogen-bond donors (Lipinski definition) is 1. The third kappa shape index (κ3) is 2.88. The van der Waals surface area contributed by atoms with Gasteiger partial charge in [0, 0.05) is 37.3 Å². The Kier molecular flexibility index (Phi) is 4.11. The summed E-state index contributed by atoms with van der Waals surface area (Å²) < 4.78 is 2.40. The normalized spacial score (nSPS) is 14.5. The van der Waals surface area contributed by atoms with E-state index in [4.69, 9.17) is 4.98 Å². The molecule has 1 aliphatic rings. The second-order valence-electron chi connectivity index (χ2n) is 6.30. The number of hydrogen-bond acceptors (Lipinski definition) is 2. The molecule has 0 atom stereocenters. The van der Waals surface area contributed by atoms with Crippen molar-refractivity contribution in [3.63, 3.8) is 0 Å². The molecule has 0 unspecified atom stereocenters. The van der Waals surface area contributed by atoms with Gasteiger partial charge in [-0.2, -0.15) is 0 Å². The van der Waals surface area contributed by atoms with Crippen molar-refractivity contribution >= 4 is 0 Å². The number of aromatic nitrogens is 2. The Morgan fingerprint density at radius 3 is 2.67 bits per heavy atom. The number of nitrogens with zero attached hydrogens (tertiary/aromatic N) is 2. The number of imidazole rings is 1. The van der Waals surface area contributed by atoms with Gasteiger partial charge in [-0.05, 0) is 30.0 Å². The lowest BCUT2D eigenvalue weighted by Gasteiger charge is -2.17. The van der Waals surface area contributed by atoms with Gasteiger partial charge in [-0.25, -0.2) is 4.98 Å². The minimum absolute atomic E-state index is 0.621. The monoisotopic (exact) mass is 283 g/mol. The Morgan fingerprint density at radius 2 is 2.00 bits per heavy atom. The smallest absolute Gasteiger partial charge is 0.114 e. The van der Waals surface area contributed by atoms with Crippen molar-refractivity contribution in [2.45, 2.75) is 46.6 Å². The van der Waals surface area contributed by atoms with Crippen molar-refractivity contribution < 1.29 is 0 Å². The molecule has 1 N–H and O–H groups in total. The molecule has 3 nitrogen and oxygen atoms in total. The fraction of sp³-hybridized carbons (Fsp3) is 0.500. The van der Waals surface area contributed by atoms with Crippen LogP contribution >= 0.6 is 0 Å². The summed E-state index contributed by atoms with van der Waals surface area (Å²) in [5, 5.41) is 3.43. The summed E-state index contributed by atoms with van der Waals surface area (Å²) in [5.74, 6) is 1.83. The van der Waals surface area contributed by atoms with E-state index in [1.807, 2.05) is 0 Å². The quantitative estimate of drug-likeness (QED) is 0.933. The molecule has 0 saturated carbocycles. The van der Waals surface area contributed by atoms with Gasteiger partial charge in [-0.15, -0.1) is 0 Å². The van der Waals surface area contributed by atoms with Gasteiger partial charge < -0.3 is 9.88 Å². The first-order chi connectivity index (χ1) is 10.2. The van der Waals surface area contributed by atoms with E-state index in [1.54, 1.807) is 0 Å². The maximum Gasteiger partial charge on any atom is 0.114 e. The molecule has 0 radical (unpaired) electrons. The molecular formula is C18H25N3. The van der Waals surface area contributed by atoms with Gasteiger partial charge >= 0.3 is 0 Å². The molecule has 0 aliphatic carbocycles. The molecule has 0 spiro atoms. The molecule has 2 heterocycles. The van der Waals surface area contributed by atoms with Crippen LogP contribution in [-0.2, 0) is 25.8 Å². The Morgan fingerprint density at radius 1 is 1.24 bits per heavy atom. The first-order valence-corrected chi connectivity index (χ1v) is 8.08. The Balaban J connectivity index is 2.07. The molecule has 0 fully saturated rings. The van der Waals surface area contributed by atoms with Crippen LogP contribution in [0.3, 0.4) is 0 Å². The van der Waals surface area contributed by atoms with E-state index in [-0.39, 0.29) is 0 Å². The van der Waals surface area contributed by atoms with Gasteiger partial charge in [0.1, 0.15) is 5.82 Å². The average Bonchev–Trinajstić information content (AvgIpc) is 2.84. The summed E-state index contributed by atoms with van der Waals surface area (Å²) in [6.07, 6.45) is 3.18. The fourth-order valence-corrected chi connectivity index (χ4v) is 3.05. The van der Waals surface area contributed by atoms with Crippen LogP contribution in [0.15, 0.2) is 24.3 Å². The zero-order valence-corrected chi connectivity index (χ0v) is 13.3. The molecule has 21 heavy (non-hydrogen) atoms. The highest BCUT2D eigenvalue weighted by Gasteiger charge is 2.21. The lowest BCUT2D eigenvalue weighted by atomic mass is 10.1. The molecule has 1 aromatic heterocycles. The van der Waals surface area contributed by atoms with Crippen molar-refractivity contribution in [3.05, 3.63) is 47.0 Å². The Hall–Kier alpha value is -1.61. The van der Waals surface area contributed by atoms with Crippen LogP contribution in [0, 0.1) is 5.92 Å². The van der Waals surface area contributed by atoms with Crippen LogP contribution in [0.25, 0.3) is 5.69 Å². The first kappa shape index (κ1) is 14.3. The predicted molar refractivity (Wildman–Crippen MR) is 86.9 cm³/mol. The van der Waals surface area contributed by atoms with Crippen molar-refractivity contribution in [2.24, 2.45) is 5.92 Å². The highest BCUT2D eigenvalue weighted by molar-refractivity contribution is 5.40. The van der Waals surface area contributed by atoms with E-state index in [2.05, 4.69) is 54.9 Å². The number of fused-ring (bicyclic) bond motifs is 1. The van der Waals surface area contributed by atoms with E-state index < -0.39 is 0 Å². The standard InChI is InChI=1S/C18H25N3/c1-4-14-5-7-15(8-6-14)21-17-9-10-19-12-16(17)20-18(21)11-13(2)3/h5-8,13,19H,4,9-12H2,1-3H3. The molecule has 0 amide bonds. The second-order valence-corrected chi connectivity index (χ2v) is 6.30. The minimum Gasteiger partial charge on any atom is -0.311 e. The Bertz CT molecular complexity index is 608. The predicted octanol–water partition coefficient (Wildman–Crippen LogP) is 3.28. The lowest BCUT2D eigenvalue weighted by Crippen LogP contribution is -2.24. The summed E-state index contributed by atoms with van der Waals surface area (Å²) in [6.45, 7) is 8.67. The molecule has 0 saturated heterocycles. The summed E-state index contributed by atoms with van der Waals surface area (Å²) in [7, 11) is 0. The molecule has 112 valence electrons.